The second kappa shape index (κ2) is 9.73. The fraction of sp³-hybridized carbons (Fsp3) is 0.103. The summed E-state index contributed by atoms with van der Waals surface area (Å²) in [5.74, 6) is -0.357. The lowest BCUT2D eigenvalue weighted by Crippen LogP contribution is -2.23. The van der Waals surface area contributed by atoms with Crippen molar-refractivity contribution in [3.63, 3.8) is 0 Å². The maximum Gasteiger partial charge on any atom is 0.343 e. The third kappa shape index (κ3) is 5.17. The number of ether oxygens (including phenoxy) is 2. The van der Waals surface area contributed by atoms with Gasteiger partial charge in [-0.3, -0.25) is 0 Å². The average molecular weight is 467 g/mol. The molecule has 0 saturated heterocycles. The van der Waals surface area contributed by atoms with Gasteiger partial charge in [-0.2, -0.15) is 0 Å². The summed E-state index contributed by atoms with van der Waals surface area (Å²) in [6, 6.07) is 27.8. The van der Waals surface area contributed by atoms with Crippen LogP contribution in [0.2, 0.25) is 0 Å². The summed E-state index contributed by atoms with van der Waals surface area (Å²) in [6.07, 6.45) is 0. The predicted molar refractivity (Wildman–Crippen MR) is 137 cm³/mol. The molecular formula is C29H26N2O4. The number of nitrogen functional groups attached to an aromatic ring is 2. The van der Waals surface area contributed by atoms with Crippen molar-refractivity contribution in [2.45, 2.75) is 19.3 Å². The van der Waals surface area contributed by atoms with E-state index >= 15 is 0 Å². The van der Waals surface area contributed by atoms with E-state index in [9.17, 15) is 9.59 Å². The Labute approximate surface area is 204 Å². The first-order valence-corrected chi connectivity index (χ1v) is 11.1. The molecule has 0 spiro atoms. The van der Waals surface area contributed by atoms with Gasteiger partial charge in [0, 0.05) is 40.0 Å². The van der Waals surface area contributed by atoms with E-state index in [2.05, 4.69) is 0 Å². The van der Waals surface area contributed by atoms with E-state index in [0.29, 0.717) is 45.1 Å². The van der Waals surface area contributed by atoms with Crippen LogP contribution in [0.3, 0.4) is 0 Å². The molecule has 35 heavy (non-hydrogen) atoms. The number of carbonyl (C=O) groups is 2. The van der Waals surface area contributed by atoms with E-state index in [1.807, 2.05) is 38.1 Å². The standard InChI is InChI=1S/C29H26N2O4/c1-29(2,23-15-13-21(30)17-25(23)34-27(32)19-9-5-3-6-10-19)24-16-14-22(31)18-26(24)35-28(33)20-11-7-4-8-12-20/h3-18H,30-31H2,1-2H3. The monoisotopic (exact) mass is 466 g/mol. The molecule has 6 nitrogen and oxygen atoms in total. The van der Waals surface area contributed by atoms with Crippen LogP contribution in [0.25, 0.3) is 0 Å². The van der Waals surface area contributed by atoms with Crippen LogP contribution >= 0.6 is 0 Å². The molecular weight excluding hydrogens is 440 g/mol. The number of benzene rings is 4. The number of esters is 2. The van der Waals surface area contributed by atoms with Gasteiger partial charge in [-0.15, -0.1) is 0 Å². The molecule has 0 unspecified atom stereocenters. The fourth-order valence-corrected chi connectivity index (χ4v) is 3.89. The van der Waals surface area contributed by atoms with Crippen molar-refractivity contribution in [3.05, 3.63) is 119 Å². The Kier molecular flexibility index (Phi) is 6.55. The fourth-order valence-electron chi connectivity index (χ4n) is 3.89. The van der Waals surface area contributed by atoms with Crippen LogP contribution in [0.5, 0.6) is 11.5 Å². The molecule has 0 aliphatic carbocycles. The van der Waals surface area contributed by atoms with E-state index in [1.54, 1.807) is 72.8 Å². The highest BCUT2D eigenvalue weighted by Crippen LogP contribution is 2.43. The Morgan fingerprint density at radius 2 is 0.971 bits per heavy atom. The van der Waals surface area contributed by atoms with Gasteiger partial charge in [-0.1, -0.05) is 62.4 Å². The van der Waals surface area contributed by atoms with Crippen molar-refractivity contribution >= 4 is 23.3 Å². The van der Waals surface area contributed by atoms with E-state index in [4.69, 9.17) is 20.9 Å². The topological polar surface area (TPSA) is 105 Å². The van der Waals surface area contributed by atoms with Gasteiger partial charge in [0.2, 0.25) is 0 Å². The first-order valence-electron chi connectivity index (χ1n) is 11.1. The first kappa shape index (κ1) is 23.6. The Morgan fingerprint density at radius 3 is 1.34 bits per heavy atom. The smallest absolute Gasteiger partial charge is 0.343 e. The molecule has 4 aromatic rings. The summed E-state index contributed by atoms with van der Waals surface area (Å²) in [4.78, 5) is 25.6. The van der Waals surface area contributed by atoms with Crippen molar-refractivity contribution in [1.29, 1.82) is 0 Å². The third-order valence-corrected chi connectivity index (χ3v) is 5.78. The van der Waals surface area contributed by atoms with Gasteiger partial charge >= 0.3 is 11.9 Å². The van der Waals surface area contributed by atoms with E-state index in [-0.39, 0.29) is 0 Å². The SMILES string of the molecule is CC(C)(c1ccc(N)cc1OC(=O)c1ccccc1)c1ccc(N)cc1OC(=O)c1ccccc1. The molecule has 4 aromatic carbocycles. The zero-order chi connectivity index (χ0) is 25.0. The number of anilines is 2. The van der Waals surface area contributed by atoms with Crippen LogP contribution in [-0.4, -0.2) is 11.9 Å². The zero-order valence-corrected chi connectivity index (χ0v) is 19.5. The van der Waals surface area contributed by atoms with Gasteiger partial charge < -0.3 is 20.9 Å². The Balaban J connectivity index is 1.73. The van der Waals surface area contributed by atoms with Crippen molar-refractivity contribution < 1.29 is 19.1 Å². The number of nitrogens with two attached hydrogens (primary N) is 2. The molecule has 0 amide bonds. The molecule has 0 fully saturated rings. The minimum atomic E-state index is -0.750. The second-order valence-electron chi connectivity index (χ2n) is 8.65. The average Bonchev–Trinajstić information content (AvgIpc) is 2.85. The maximum atomic E-state index is 12.8. The van der Waals surface area contributed by atoms with Crippen molar-refractivity contribution in [1.82, 2.24) is 0 Å². The Hall–Kier alpha value is -4.58. The summed E-state index contributed by atoms with van der Waals surface area (Å²) >= 11 is 0. The number of rotatable bonds is 6. The van der Waals surface area contributed by atoms with E-state index < -0.39 is 17.4 Å². The summed E-state index contributed by atoms with van der Waals surface area (Å²) < 4.78 is 11.6. The Bertz CT molecular complexity index is 1260. The molecule has 0 bridgehead atoms. The lowest BCUT2D eigenvalue weighted by Gasteiger charge is -2.30. The van der Waals surface area contributed by atoms with Crippen LogP contribution in [0.15, 0.2) is 97.1 Å². The van der Waals surface area contributed by atoms with Gasteiger partial charge in [-0.05, 0) is 36.4 Å². The van der Waals surface area contributed by atoms with Crippen molar-refractivity contribution in [3.8, 4) is 11.5 Å². The van der Waals surface area contributed by atoms with Gasteiger partial charge in [0.1, 0.15) is 11.5 Å². The highest BCUT2D eigenvalue weighted by Gasteiger charge is 2.31. The largest absolute Gasteiger partial charge is 0.423 e. The number of hydrogen-bond donors (Lipinski definition) is 2. The highest BCUT2D eigenvalue weighted by atomic mass is 16.5. The van der Waals surface area contributed by atoms with Gasteiger partial charge in [0.25, 0.3) is 0 Å². The van der Waals surface area contributed by atoms with Crippen molar-refractivity contribution in [2.75, 3.05) is 11.5 Å². The minimum Gasteiger partial charge on any atom is -0.423 e. The molecule has 4 N–H and O–H groups in total. The van der Waals surface area contributed by atoms with E-state index in [1.165, 1.54) is 0 Å². The lowest BCUT2D eigenvalue weighted by molar-refractivity contribution is 0.0726. The molecule has 0 heterocycles. The quantitative estimate of drug-likeness (QED) is 0.217. The molecule has 0 aliphatic rings. The zero-order valence-electron chi connectivity index (χ0n) is 19.5. The van der Waals surface area contributed by atoms with Gasteiger partial charge in [0.05, 0.1) is 11.1 Å². The van der Waals surface area contributed by atoms with Gasteiger partial charge in [-0.25, -0.2) is 9.59 Å². The molecule has 0 aliphatic heterocycles. The minimum absolute atomic E-state index is 0.320. The molecule has 0 saturated carbocycles. The summed E-state index contributed by atoms with van der Waals surface area (Å²) in [5.41, 5.74) is 14.4. The first-order chi connectivity index (χ1) is 16.8. The number of hydrogen-bond acceptors (Lipinski definition) is 6. The van der Waals surface area contributed by atoms with Crippen molar-refractivity contribution in [2.24, 2.45) is 0 Å². The van der Waals surface area contributed by atoms with Gasteiger partial charge in [0.15, 0.2) is 0 Å². The molecule has 0 atom stereocenters. The maximum absolute atomic E-state index is 12.8. The molecule has 176 valence electrons. The normalized spacial score (nSPS) is 11.0. The number of carbonyl (C=O) groups excluding carboxylic acids is 2. The predicted octanol–water partition coefficient (Wildman–Crippen LogP) is 5.62. The van der Waals surface area contributed by atoms with Crippen LogP contribution < -0.4 is 20.9 Å². The van der Waals surface area contributed by atoms with Crippen LogP contribution in [0.4, 0.5) is 11.4 Å². The van der Waals surface area contributed by atoms with Crippen LogP contribution in [-0.2, 0) is 5.41 Å². The van der Waals surface area contributed by atoms with E-state index in [0.717, 1.165) is 0 Å². The Morgan fingerprint density at radius 1 is 0.600 bits per heavy atom. The summed E-state index contributed by atoms with van der Waals surface area (Å²) in [5, 5.41) is 0. The third-order valence-electron chi connectivity index (χ3n) is 5.78. The summed E-state index contributed by atoms with van der Waals surface area (Å²) in [7, 11) is 0. The van der Waals surface area contributed by atoms with Crippen LogP contribution in [0.1, 0.15) is 45.7 Å². The highest BCUT2D eigenvalue weighted by molar-refractivity contribution is 5.92. The lowest BCUT2D eigenvalue weighted by atomic mass is 9.77. The van der Waals surface area contributed by atoms with Crippen LogP contribution in [0, 0.1) is 0 Å². The molecule has 0 radical (unpaired) electrons. The molecule has 0 aromatic heterocycles. The summed E-state index contributed by atoms with van der Waals surface area (Å²) in [6.45, 7) is 3.90. The molecule has 4 rings (SSSR count). The molecule has 6 heteroatoms. The second-order valence-corrected chi connectivity index (χ2v) is 8.65.